The van der Waals surface area contributed by atoms with Crippen molar-refractivity contribution in [1.82, 2.24) is 5.32 Å². The molecule has 2 aromatic carbocycles. The number of nitro benzene ring substituents is 1. The number of nitro groups is 1. The predicted molar refractivity (Wildman–Crippen MR) is 81.0 cm³/mol. The van der Waals surface area contributed by atoms with Crippen molar-refractivity contribution in [3.8, 4) is 0 Å². The lowest BCUT2D eigenvalue weighted by molar-refractivity contribution is -0.384. The van der Waals surface area contributed by atoms with E-state index in [0.717, 1.165) is 0 Å². The first-order valence-corrected chi connectivity index (χ1v) is 6.88. The number of halogens is 1. The molecule has 0 aromatic heterocycles. The third-order valence-corrected chi connectivity index (χ3v) is 3.26. The third kappa shape index (κ3) is 4.58. The number of rotatable bonds is 6. The van der Waals surface area contributed by atoms with Crippen LogP contribution >= 0.6 is 0 Å². The summed E-state index contributed by atoms with van der Waals surface area (Å²) in [6.07, 6.45) is 0.00965. The van der Waals surface area contributed by atoms with Crippen LogP contribution in [0.5, 0.6) is 0 Å². The first-order valence-electron chi connectivity index (χ1n) is 6.88. The highest BCUT2D eigenvalue weighted by Crippen LogP contribution is 2.14. The number of hydrogen-bond acceptors (Lipinski definition) is 4. The Bertz CT molecular complexity index is 734. The van der Waals surface area contributed by atoms with Crippen molar-refractivity contribution >= 4 is 11.6 Å². The molecule has 7 heteroatoms. The van der Waals surface area contributed by atoms with Crippen LogP contribution in [-0.2, 0) is 24.4 Å². The first kappa shape index (κ1) is 16.6. The lowest BCUT2D eigenvalue weighted by Gasteiger charge is -2.07. The number of benzene rings is 2. The molecule has 2 rings (SSSR count). The molecule has 2 aromatic rings. The van der Waals surface area contributed by atoms with Crippen LogP contribution in [0.15, 0.2) is 42.5 Å². The lowest BCUT2D eigenvalue weighted by Crippen LogP contribution is -2.24. The van der Waals surface area contributed by atoms with Crippen LogP contribution in [0, 0.1) is 15.9 Å². The Morgan fingerprint density at radius 3 is 2.70 bits per heavy atom. The molecule has 0 unspecified atom stereocenters. The zero-order chi connectivity index (χ0) is 16.8. The maximum atomic E-state index is 13.3. The highest BCUT2D eigenvalue weighted by atomic mass is 19.1. The molecule has 1 amide bonds. The highest BCUT2D eigenvalue weighted by Gasteiger charge is 2.09. The molecule has 0 bridgehead atoms. The fourth-order valence-corrected chi connectivity index (χ4v) is 2.09. The van der Waals surface area contributed by atoms with Crippen LogP contribution in [0.4, 0.5) is 10.1 Å². The summed E-state index contributed by atoms with van der Waals surface area (Å²) in [5, 5.41) is 22.3. The number of aliphatic hydroxyl groups excluding tert-OH is 1. The Balaban J connectivity index is 1.95. The fourth-order valence-electron chi connectivity index (χ4n) is 2.09. The first-order chi connectivity index (χ1) is 11.0. The molecule has 23 heavy (non-hydrogen) atoms. The maximum absolute atomic E-state index is 13.3. The van der Waals surface area contributed by atoms with Crippen LogP contribution < -0.4 is 5.32 Å². The van der Waals surface area contributed by atoms with Crippen molar-refractivity contribution in [3.63, 3.8) is 0 Å². The summed E-state index contributed by atoms with van der Waals surface area (Å²) in [5.41, 5.74) is 1.28. The van der Waals surface area contributed by atoms with Gasteiger partial charge in [0.2, 0.25) is 5.91 Å². The summed E-state index contributed by atoms with van der Waals surface area (Å²) in [4.78, 5) is 22.1. The van der Waals surface area contributed by atoms with E-state index in [1.54, 1.807) is 6.07 Å². The molecule has 2 N–H and O–H groups in total. The fraction of sp³-hybridized carbons (Fsp3) is 0.188. The highest BCUT2D eigenvalue weighted by molar-refractivity contribution is 5.78. The monoisotopic (exact) mass is 318 g/mol. The third-order valence-electron chi connectivity index (χ3n) is 3.26. The van der Waals surface area contributed by atoms with Crippen molar-refractivity contribution in [2.75, 3.05) is 0 Å². The van der Waals surface area contributed by atoms with Crippen LogP contribution in [0.1, 0.15) is 16.7 Å². The molecule has 0 saturated heterocycles. The summed E-state index contributed by atoms with van der Waals surface area (Å²) >= 11 is 0. The molecule has 120 valence electrons. The summed E-state index contributed by atoms with van der Waals surface area (Å²) in [7, 11) is 0. The number of amides is 1. The zero-order valence-electron chi connectivity index (χ0n) is 12.2. The van der Waals surface area contributed by atoms with E-state index in [1.807, 2.05) is 0 Å². The van der Waals surface area contributed by atoms with Crippen LogP contribution in [0.2, 0.25) is 0 Å². The normalized spacial score (nSPS) is 10.3. The Labute approximate surface area is 131 Å². The molecule has 0 atom stereocenters. The van der Waals surface area contributed by atoms with Gasteiger partial charge in [-0.15, -0.1) is 0 Å². The van der Waals surface area contributed by atoms with Crippen molar-refractivity contribution in [2.24, 2.45) is 0 Å². The summed E-state index contributed by atoms with van der Waals surface area (Å²) in [6, 6.07) is 10.1. The topological polar surface area (TPSA) is 92.5 Å². The van der Waals surface area contributed by atoms with Gasteiger partial charge in [0.05, 0.1) is 18.0 Å². The predicted octanol–water partition coefficient (Wildman–Crippen LogP) is 2.09. The van der Waals surface area contributed by atoms with E-state index >= 15 is 0 Å². The van der Waals surface area contributed by atoms with Gasteiger partial charge in [-0.3, -0.25) is 14.9 Å². The maximum Gasteiger partial charge on any atom is 0.269 e. The Kier molecular flexibility index (Phi) is 5.37. The van der Waals surface area contributed by atoms with E-state index in [9.17, 15) is 19.3 Å². The number of nitrogens with zero attached hydrogens (tertiary/aromatic N) is 1. The van der Waals surface area contributed by atoms with Crippen LogP contribution in [0.3, 0.4) is 0 Å². The molecule has 0 saturated carbocycles. The molecule has 0 aliphatic carbocycles. The van der Waals surface area contributed by atoms with Gasteiger partial charge in [0.1, 0.15) is 5.82 Å². The summed E-state index contributed by atoms with van der Waals surface area (Å²) in [6.45, 7) is -0.234. The van der Waals surface area contributed by atoms with E-state index < -0.39 is 17.3 Å². The average molecular weight is 318 g/mol. The van der Waals surface area contributed by atoms with Crippen molar-refractivity contribution in [1.29, 1.82) is 0 Å². The van der Waals surface area contributed by atoms with E-state index in [2.05, 4.69) is 5.32 Å². The second-order valence-electron chi connectivity index (χ2n) is 4.96. The smallest absolute Gasteiger partial charge is 0.269 e. The van der Waals surface area contributed by atoms with E-state index in [4.69, 9.17) is 5.11 Å². The van der Waals surface area contributed by atoms with E-state index in [-0.39, 0.29) is 30.1 Å². The molecule has 0 aliphatic heterocycles. The van der Waals surface area contributed by atoms with Gasteiger partial charge in [0.15, 0.2) is 0 Å². The second kappa shape index (κ2) is 7.46. The number of non-ortho nitro benzene ring substituents is 1. The van der Waals surface area contributed by atoms with Crippen LogP contribution in [-0.4, -0.2) is 15.9 Å². The van der Waals surface area contributed by atoms with Gasteiger partial charge in [-0.2, -0.15) is 0 Å². The molecule has 0 heterocycles. The molecular formula is C16H15FN2O4. The number of carbonyl (C=O) groups is 1. The molecule has 6 nitrogen and oxygen atoms in total. The van der Waals surface area contributed by atoms with Gasteiger partial charge < -0.3 is 10.4 Å². The van der Waals surface area contributed by atoms with E-state index in [1.165, 1.54) is 36.4 Å². The number of hydrogen-bond donors (Lipinski definition) is 2. The Morgan fingerprint density at radius 2 is 2.00 bits per heavy atom. The lowest BCUT2D eigenvalue weighted by atomic mass is 10.1. The minimum Gasteiger partial charge on any atom is -0.392 e. The SMILES string of the molecule is O=C(Cc1cccc([N+](=O)[O-])c1)NCc1ccc(F)c(CO)c1. The van der Waals surface area contributed by atoms with Gasteiger partial charge in [-0.05, 0) is 23.3 Å². The van der Waals surface area contributed by atoms with Crippen molar-refractivity contribution in [2.45, 2.75) is 19.6 Å². The second-order valence-corrected chi connectivity index (χ2v) is 4.96. The average Bonchev–Trinajstić information content (AvgIpc) is 2.54. The molecule has 0 spiro atoms. The number of carbonyl (C=O) groups excluding carboxylic acids is 1. The summed E-state index contributed by atoms with van der Waals surface area (Å²) in [5.74, 6) is -0.806. The van der Waals surface area contributed by atoms with E-state index in [0.29, 0.717) is 11.1 Å². The standard InChI is InChI=1S/C16H15FN2O4/c17-15-5-4-12(6-13(15)10-20)9-18-16(21)8-11-2-1-3-14(7-11)19(22)23/h1-7,20H,8-10H2,(H,18,21). The molecule has 0 aliphatic rings. The summed E-state index contributed by atoms with van der Waals surface area (Å²) < 4.78 is 13.3. The quantitative estimate of drug-likeness (QED) is 0.630. The van der Waals surface area contributed by atoms with Gasteiger partial charge in [-0.1, -0.05) is 18.2 Å². The van der Waals surface area contributed by atoms with Gasteiger partial charge in [0.25, 0.3) is 5.69 Å². The minimum absolute atomic E-state index is 0.00965. The minimum atomic E-state index is -0.518. The number of aliphatic hydroxyl groups is 1. The Hall–Kier alpha value is -2.80. The van der Waals surface area contributed by atoms with Gasteiger partial charge in [-0.25, -0.2) is 4.39 Å². The van der Waals surface area contributed by atoms with Crippen LogP contribution in [0.25, 0.3) is 0 Å². The number of nitrogens with one attached hydrogen (secondary N) is 1. The van der Waals surface area contributed by atoms with Gasteiger partial charge in [0, 0.05) is 24.2 Å². The molecule has 0 radical (unpaired) electrons. The molecular weight excluding hydrogens is 303 g/mol. The zero-order valence-corrected chi connectivity index (χ0v) is 12.2. The van der Waals surface area contributed by atoms with Crippen molar-refractivity contribution in [3.05, 3.63) is 75.1 Å². The Morgan fingerprint density at radius 1 is 1.22 bits per heavy atom. The van der Waals surface area contributed by atoms with Crippen molar-refractivity contribution < 1.29 is 19.2 Å². The largest absolute Gasteiger partial charge is 0.392 e. The van der Waals surface area contributed by atoms with Gasteiger partial charge >= 0.3 is 0 Å². The molecule has 0 fully saturated rings.